The van der Waals surface area contributed by atoms with Crippen LogP contribution in [0.3, 0.4) is 0 Å². The van der Waals surface area contributed by atoms with Crippen LogP contribution in [0, 0.1) is 0 Å². The van der Waals surface area contributed by atoms with Crippen LogP contribution in [0.25, 0.3) is 0 Å². The number of thioether (sulfide) groups is 1. The molecule has 0 aromatic heterocycles. The van der Waals surface area contributed by atoms with Crippen LogP contribution in [0.1, 0.15) is 13.3 Å². The molecule has 0 bridgehead atoms. The minimum absolute atomic E-state index is 0.518. The Morgan fingerprint density at radius 2 is 2.24 bits per heavy atom. The molecule has 1 aliphatic rings. The molecule has 1 aliphatic heterocycles. The molecule has 0 saturated carbocycles. The molecule has 0 radical (unpaired) electrons. The highest BCUT2D eigenvalue weighted by Crippen LogP contribution is 2.43. The fourth-order valence-electron chi connectivity index (χ4n) is 2.20. The fraction of sp³-hybridized carbons (Fsp3) is 0.538. The van der Waals surface area contributed by atoms with E-state index in [1.54, 1.807) is 7.11 Å². The molecule has 2 N–H and O–H groups in total. The van der Waals surface area contributed by atoms with Crippen molar-refractivity contribution < 1.29 is 4.74 Å². The summed E-state index contributed by atoms with van der Waals surface area (Å²) in [6, 6.07) is 6.79. The molecular weight excluding hydrogens is 232 g/mol. The van der Waals surface area contributed by atoms with Crippen molar-refractivity contribution >= 4 is 17.4 Å². The molecule has 1 aromatic rings. The van der Waals surface area contributed by atoms with Crippen molar-refractivity contribution in [1.29, 1.82) is 0 Å². The van der Waals surface area contributed by atoms with Gasteiger partial charge in [-0.2, -0.15) is 0 Å². The van der Waals surface area contributed by atoms with E-state index in [0.717, 1.165) is 18.7 Å². The second-order valence-corrected chi connectivity index (χ2v) is 5.70. The summed E-state index contributed by atoms with van der Waals surface area (Å²) in [6.07, 6.45) is 1.05. The zero-order valence-electron chi connectivity index (χ0n) is 10.6. The van der Waals surface area contributed by atoms with Crippen LogP contribution >= 0.6 is 11.8 Å². The van der Waals surface area contributed by atoms with Gasteiger partial charge in [-0.1, -0.05) is 0 Å². The Morgan fingerprint density at radius 1 is 1.47 bits per heavy atom. The van der Waals surface area contributed by atoms with Gasteiger partial charge in [-0.25, -0.2) is 0 Å². The molecule has 2 rings (SSSR count). The van der Waals surface area contributed by atoms with Gasteiger partial charge < -0.3 is 15.4 Å². The number of hydrogen-bond donors (Lipinski definition) is 1. The Morgan fingerprint density at radius 3 is 2.88 bits per heavy atom. The molecule has 0 amide bonds. The molecule has 0 spiro atoms. The van der Waals surface area contributed by atoms with Crippen LogP contribution in [0.4, 0.5) is 5.69 Å². The number of fused-ring (bicyclic) bond motifs is 1. The topological polar surface area (TPSA) is 38.5 Å². The van der Waals surface area contributed by atoms with Gasteiger partial charge in [-0.05, 0) is 38.1 Å². The first-order valence-electron chi connectivity index (χ1n) is 5.95. The van der Waals surface area contributed by atoms with Gasteiger partial charge in [-0.3, -0.25) is 0 Å². The van der Waals surface area contributed by atoms with Gasteiger partial charge in [0.05, 0.1) is 12.8 Å². The first-order chi connectivity index (χ1) is 8.17. The number of nitrogens with two attached hydrogens (primary N) is 1. The highest BCUT2D eigenvalue weighted by Gasteiger charge is 2.29. The summed E-state index contributed by atoms with van der Waals surface area (Å²) in [7, 11) is 3.86. The molecule has 1 heterocycles. The van der Waals surface area contributed by atoms with Gasteiger partial charge in [0.1, 0.15) is 5.75 Å². The molecular formula is C13H20N2OS. The van der Waals surface area contributed by atoms with Crippen molar-refractivity contribution in [3.63, 3.8) is 0 Å². The monoisotopic (exact) mass is 252 g/mol. The van der Waals surface area contributed by atoms with Gasteiger partial charge in [0.25, 0.3) is 0 Å². The standard InChI is InChI=1S/C13H20N2OS/c1-9-12(6-7-14)17-13-8-10(16-3)4-5-11(13)15(9)2/h4-5,8-9,12H,6-7,14H2,1-3H3. The summed E-state index contributed by atoms with van der Waals surface area (Å²) in [5.41, 5.74) is 6.98. The SMILES string of the molecule is COc1ccc2c(c1)SC(CCN)C(C)N2C. The largest absolute Gasteiger partial charge is 0.497 e. The molecule has 0 fully saturated rings. The molecule has 2 unspecified atom stereocenters. The molecule has 94 valence electrons. The summed E-state index contributed by atoms with van der Waals surface area (Å²) in [6.45, 7) is 3.01. The summed E-state index contributed by atoms with van der Waals surface area (Å²) < 4.78 is 5.28. The van der Waals surface area contributed by atoms with Crippen molar-refractivity contribution in [3.8, 4) is 5.75 Å². The van der Waals surface area contributed by atoms with Gasteiger partial charge in [-0.15, -0.1) is 11.8 Å². The Labute approximate surface area is 107 Å². The second kappa shape index (κ2) is 5.19. The number of rotatable bonds is 3. The van der Waals surface area contributed by atoms with Gasteiger partial charge >= 0.3 is 0 Å². The normalized spacial score (nSPS) is 23.4. The highest BCUT2D eigenvalue weighted by molar-refractivity contribution is 8.00. The Kier molecular flexibility index (Phi) is 3.84. The van der Waals surface area contributed by atoms with Crippen LogP contribution in [0.5, 0.6) is 5.75 Å². The molecule has 0 saturated heterocycles. The lowest BCUT2D eigenvalue weighted by Gasteiger charge is -2.39. The predicted octanol–water partition coefficient (Wildman–Crippen LogP) is 2.34. The lowest BCUT2D eigenvalue weighted by molar-refractivity contribution is 0.413. The van der Waals surface area contributed by atoms with Crippen LogP contribution in [0.15, 0.2) is 23.1 Å². The van der Waals surface area contributed by atoms with E-state index in [4.69, 9.17) is 10.5 Å². The first kappa shape index (κ1) is 12.6. The van der Waals surface area contributed by atoms with Crippen molar-refractivity contribution in [3.05, 3.63) is 18.2 Å². The molecule has 17 heavy (non-hydrogen) atoms. The highest BCUT2D eigenvalue weighted by atomic mass is 32.2. The number of methoxy groups -OCH3 is 1. The van der Waals surface area contributed by atoms with Crippen LogP contribution in [-0.2, 0) is 0 Å². The molecule has 1 aromatic carbocycles. The van der Waals surface area contributed by atoms with Crippen molar-refractivity contribution in [2.45, 2.75) is 29.5 Å². The lowest BCUT2D eigenvalue weighted by Crippen LogP contribution is -2.41. The smallest absolute Gasteiger partial charge is 0.120 e. The third kappa shape index (κ3) is 2.38. The minimum Gasteiger partial charge on any atom is -0.497 e. The molecule has 4 heteroatoms. The number of hydrogen-bond acceptors (Lipinski definition) is 4. The van der Waals surface area contributed by atoms with E-state index in [1.165, 1.54) is 10.6 Å². The average molecular weight is 252 g/mol. The van der Waals surface area contributed by atoms with E-state index in [-0.39, 0.29) is 0 Å². The summed E-state index contributed by atoms with van der Waals surface area (Å²) in [4.78, 5) is 3.63. The third-order valence-electron chi connectivity index (χ3n) is 3.43. The lowest BCUT2D eigenvalue weighted by atomic mass is 10.1. The second-order valence-electron chi connectivity index (χ2n) is 4.42. The Balaban J connectivity index is 2.31. The molecule has 2 atom stereocenters. The fourth-order valence-corrected chi connectivity index (χ4v) is 3.68. The van der Waals surface area contributed by atoms with E-state index in [2.05, 4.69) is 31.0 Å². The summed E-state index contributed by atoms with van der Waals surface area (Å²) in [5, 5.41) is 0.560. The van der Waals surface area contributed by atoms with Crippen molar-refractivity contribution in [2.75, 3.05) is 25.6 Å². The van der Waals surface area contributed by atoms with Crippen molar-refractivity contribution in [2.24, 2.45) is 5.73 Å². The maximum absolute atomic E-state index is 5.69. The van der Waals surface area contributed by atoms with E-state index >= 15 is 0 Å². The molecule has 3 nitrogen and oxygen atoms in total. The van der Waals surface area contributed by atoms with Crippen LogP contribution < -0.4 is 15.4 Å². The van der Waals surface area contributed by atoms with E-state index in [1.807, 2.05) is 17.8 Å². The molecule has 0 aliphatic carbocycles. The zero-order chi connectivity index (χ0) is 12.4. The number of anilines is 1. The van der Waals surface area contributed by atoms with Gasteiger partial charge in [0.15, 0.2) is 0 Å². The Bertz CT molecular complexity index is 397. The summed E-state index contributed by atoms with van der Waals surface area (Å²) in [5.74, 6) is 0.922. The number of benzene rings is 1. The van der Waals surface area contributed by atoms with Crippen LogP contribution in [0.2, 0.25) is 0 Å². The average Bonchev–Trinajstić information content (AvgIpc) is 2.35. The number of nitrogens with zero attached hydrogens (tertiary/aromatic N) is 1. The Hall–Kier alpha value is -0.870. The minimum atomic E-state index is 0.518. The van der Waals surface area contributed by atoms with E-state index < -0.39 is 0 Å². The maximum atomic E-state index is 5.69. The quantitative estimate of drug-likeness (QED) is 0.896. The third-order valence-corrected chi connectivity index (χ3v) is 4.94. The zero-order valence-corrected chi connectivity index (χ0v) is 11.5. The summed E-state index contributed by atoms with van der Waals surface area (Å²) >= 11 is 1.92. The first-order valence-corrected chi connectivity index (χ1v) is 6.83. The van der Waals surface area contributed by atoms with Gasteiger partial charge in [0, 0.05) is 23.2 Å². The van der Waals surface area contributed by atoms with Crippen LogP contribution in [-0.4, -0.2) is 32.0 Å². The van der Waals surface area contributed by atoms with E-state index in [0.29, 0.717) is 11.3 Å². The van der Waals surface area contributed by atoms with Crippen molar-refractivity contribution in [1.82, 2.24) is 0 Å². The predicted molar refractivity (Wildman–Crippen MR) is 74.2 cm³/mol. The van der Waals surface area contributed by atoms with Gasteiger partial charge in [0.2, 0.25) is 0 Å². The maximum Gasteiger partial charge on any atom is 0.120 e. The van der Waals surface area contributed by atoms with E-state index in [9.17, 15) is 0 Å². The number of ether oxygens (including phenoxy) is 1.